The van der Waals surface area contributed by atoms with Crippen molar-refractivity contribution in [3.8, 4) is 5.75 Å². The molecule has 0 aliphatic carbocycles. The van der Waals surface area contributed by atoms with Crippen LogP contribution in [0.3, 0.4) is 0 Å². The number of aliphatic hydroxyl groups is 1. The second-order valence-corrected chi connectivity index (χ2v) is 10.4. The number of β-amino-alcohol motifs (C(OH)–C–C–N with tert-alkyl or cyclic N) is 1. The summed E-state index contributed by atoms with van der Waals surface area (Å²) >= 11 is 7.78. The number of aromatic nitrogens is 2. The van der Waals surface area contributed by atoms with Gasteiger partial charge in [0.15, 0.2) is 0 Å². The summed E-state index contributed by atoms with van der Waals surface area (Å²) in [5, 5.41) is 18.3. The molecular weight excluding hydrogens is 505 g/mol. The molecule has 1 fully saturated rings. The highest BCUT2D eigenvalue weighted by Crippen LogP contribution is 2.33. The van der Waals surface area contributed by atoms with Gasteiger partial charge in [0, 0.05) is 37.3 Å². The topological polar surface area (TPSA) is 99.6 Å². The second kappa shape index (κ2) is 10.9. The van der Waals surface area contributed by atoms with Crippen molar-refractivity contribution in [3.05, 3.63) is 52.8 Å². The molecule has 190 valence electrons. The maximum Gasteiger partial charge on any atom is 0.235 e. The number of likely N-dealkylation sites (tertiary alicyclic amines) is 1. The fourth-order valence-electron chi connectivity index (χ4n) is 4.64. The summed E-state index contributed by atoms with van der Waals surface area (Å²) in [6.07, 6.45) is 0.345. The minimum atomic E-state index is -1.12. The molecule has 0 bridgehead atoms. The van der Waals surface area contributed by atoms with Gasteiger partial charge >= 0.3 is 0 Å². The molecule has 5 rings (SSSR count). The van der Waals surface area contributed by atoms with Crippen molar-refractivity contribution in [2.45, 2.75) is 36.2 Å². The smallest absolute Gasteiger partial charge is 0.235 e. The number of carbonyl (C=O) groups is 1. The number of amides is 1. The first kappa shape index (κ1) is 25.2. The summed E-state index contributed by atoms with van der Waals surface area (Å²) in [7, 11) is 1.60. The fraction of sp³-hybridized carbons (Fsp3) is 0.400. The third-order valence-corrected chi connectivity index (χ3v) is 7.92. The molecule has 11 heteroatoms. The van der Waals surface area contributed by atoms with Crippen molar-refractivity contribution in [1.82, 2.24) is 20.2 Å². The number of rotatable bonds is 7. The molecule has 1 aromatic carbocycles. The number of alkyl halides is 1. The fourth-order valence-corrected chi connectivity index (χ4v) is 5.72. The molecule has 2 aliphatic heterocycles. The second-order valence-electron chi connectivity index (χ2n) is 8.95. The molecule has 2 aliphatic rings. The van der Waals surface area contributed by atoms with E-state index in [9.17, 15) is 9.90 Å². The molecule has 2 aromatic heterocycles. The van der Waals surface area contributed by atoms with Gasteiger partial charge in [-0.05, 0) is 48.9 Å². The number of benzene rings is 1. The number of carbonyl (C=O) groups excluding carboxylic acids is 1. The number of nitrogens with zero attached hydrogens (tertiary/aromatic N) is 3. The predicted molar refractivity (Wildman–Crippen MR) is 138 cm³/mol. The number of piperidine rings is 1. The van der Waals surface area contributed by atoms with Gasteiger partial charge in [-0.25, -0.2) is 9.37 Å². The summed E-state index contributed by atoms with van der Waals surface area (Å²) in [4.78, 5) is 23.3. The number of aliphatic hydroxyl groups excluding tert-OH is 1. The van der Waals surface area contributed by atoms with Crippen molar-refractivity contribution in [3.63, 3.8) is 0 Å². The van der Waals surface area contributed by atoms with E-state index < -0.39 is 12.3 Å². The molecule has 36 heavy (non-hydrogen) atoms. The van der Waals surface area contributed by atoms with Gasteiger partial charge in [0.2, 0.25) is 5.91 Å². The van der Waals surface area contributed by atoms with Crippen molar-refractivity contribution in [2.24, 2.45) is 0 Å². The number of methoxy groups -OCH3 is 1. The van der Waals surface area contributed by atoms with Crippen molar-refractivity contribution >= 4 is 46.0 Å². The van der Waals surface area contributed by atoms with E-state index in [0.29, 0.717) is 54.1 Å². The number of hydrogen-bond acceptors (Lipinski definition) is 8. The van der Waals surface area contributed by atoms with E-state index in [1.165, 1.54) is 11.8 Å². The van der Waals surface area contributed by atoms with E-state index in [2.05, 4.69) is 20.6 Å². The molecule has 1 saturated heterocycles. The van der Waals surface area contributed by atoms with Crippen LogP contribution in [0.25, 0.3) is 10.9 Å². The van der Waals surface area contributed by atoms with E-state index in [-0.39, 0.29) is 18.5 Å². The lowest BCUT2D eigenvalue weighted by atomic mass is 10.00. The summed E-state index contributed by atoms with van der Waals surface area (Å²) in [6.45, 7) is 1.46. The van der Waals surface area contributed by atoms with E-state index in [1.54, 1.807) is 25.4 Å². The number of nitrogens with one attached hydrogen (secondary N) is 2. The van der Waals surface area contributed by atoms with Gasteiger partial charge in [-0.15, -0.1) is 11.8 Å². The first-order chi connectivity index (χ1) is 17.4. The molecule has 8 nitrogen and oxygen atoms in total. The number of hydrogen-bond donors (Lipinski definition) is 3. The molecule has 0 saturated carbocycles. The van der Waals surface area contributed by atoms with Crippen LogP contribution in [0.1, 0.15) is 23.8 Å². The van der Waals surface area contributed by atoms with E-state index in [0.717, 1.165) is 21.4 Å². The lowest BCUT2D eigenvalue weighted by molar-refractivity contribution is -0.113. The third kappa shape index (κ3) is 5.42. The van der Waals surface area contributed by atoms with Crippen LogP contribution in [0.4, 0.5) is 10.2 Å². The molecule has 1 amide bonds. The Bertz CT molecular complexity index is 1280. The van der Waals surface area contributed by atoms with Crippen LogP contribution < -0.4 is 15.4 Å². The zero-order valence-electron chi connectivity index (χ0n) is 19.7. The Morgan fingerprint density at radius 1 is 1.39 bits per heavy atom. The quantitative estimate of drug-likeness (QED) is 0.425. The van der Waals surface area contributed by atoms with Crippen molar-refractivity contribution in [1.29, 1.82) is 0 Å². The van der Waals surface area contributed by atoms with Gasteiger partial charge in [0.25, 0.3) is 0 Å². The van der Waals surface area contributed by atoms with Crippen LogP contribution in [-0.2, 0) is 11.3 Å². The first-order valence-electron chi connectivity index (χ1n) is 11.7. The summed E-state index contributed by atoms with van der Waals surface area (Å²) in [5.41, 5.74) is 2.09. The third-order valence-electron chi connectivity index (χ3n) is 6.56. The largest absolute Gasteiger partial charge is 0.497 e. The highest BCUT2D eigenvalue weighted by Gasteiger charge is 2.30. The number of anilines is 1. The number of thioether (sulfide) groups is 1. The molecule has 2 unspecified atom stereocenters. The average molecular weight is 532 g/mol. The number of halogens is 2. The van der Waals surface area contributed by atoms with E-state index in [1.807, 2.05) is 23.1 Å². The average Bonchev–Trinajstić information content (AvgIpc) is 2.87. The van der Waals surface area contributed by atoms with Gasteiger partial charge in [-0.2, -0.15) is 0 Å². The zero-order valence-corrected chi connectivity index (χ0v) is 21.3. The van der Waals surface area contributed by atoms with Gasteiger partial charge in [0.1, 0.15) is 17.7 Å². The molecule has 3 N–H and O–H groups in total. The lowest BCUT2D eigenvalue weighted by Gasteiger charge is -2.36. The maximum absolute atomic E-state index is 15.1. The highest BCUT2D eigenvalue weighted by molar-refractivity contribution is 8.00. The molecule has 0 radical (unpaired) electrons. The molecular formula is C25H27ClFN5O3S. The number of pyridine rings is 2. The highest BCUT2D eigenvalue weighted by atomic mass is 35.5. The SMILES string of the molecule is COc1ccc2nccc([C@@H](O)CN3CCC(NCc4nc5c(cc4Cl)SCC(=O)N5)C(F)C3)c2c1. The van der Waals surface area contributed by atoms with Crippen LogP contribution >= 0.6 is 23.4 Å². The van der Waals surface area contributed by atoms with Gasteiger partial charge in [0.05, 0.1) is 40.1 Å². The normalized spacial score (nSPS) is 21.2. The van der Waals surface area contributed by atoms with E-state index >= 15 is 4.39 Å². The van der Waals surface area contributed by atoms with Crippen LogP contribution in [0, 0.1) is 0 Å². The Morgan fingerprint density at radius 2 is 2.25 bits per heavy atom. The zero-order chi connectivity index (χ0) is 25.2. The van der Waals surface area contributed by atoms with Gasteiger partial charge in [-0.3, -0.25) is 14.7 Å². The Kier molecular flexibility index (Phi) is 7.59. The summed E-state index contributed by atoms with van der Waals surface area (Å²) in [5.74, 6) is 1.43. The van der Waals surface area contributed by atoms with Crippen LogP contribution in [0.15, 0.2) is 41.4 Å². The Morgan fingerprint density at radius 3 is 3.06 bits per heavy atom. The monoisotopic (exact) mass is 531 g/mol. The molecule has 0 spiro atoms. The number of ether oxygens (including phenoxy) is 1. The Hall–Kier alpha value is -2.50. The van der Waals surface area contributed by atoms with Crippen molar-refractivity contribution in [2.75, 3.05) is 37.8 Å². The Balaban J connectivity index is 1.19. The lowest BCUT2D eigenvalue weighted by Crippen LogP contribution is -2.51. The van der Waals surface area contributed by atoms with Crippen LogP contribution in [0.2, 0.25) is 5.02 Å². The van der Waals surface area contributed by atoms with Crippen LogP contribution in [-0.4, -0.2) is 70.6 Å². The summed E-state index contributed by atoms with van der Waals surface area (Å²) in [6, 6.07) is 8.78. The van der Waals surface area contributed by atoms with Gasteiger partial charge in [-0.1, -0.05) is 11.6 Å². The minimum Gasteiger partial charge on any atom is -0.497 e. The summed E-state index contributed by atoms with van der Waals surface area (Å²) < 4.78 is 20.4. The van der Waals surface area contributed by atoms with Crippen LogP contribution in [0.5, 0.6) is 5.75 Å². The molecule has 4 heterocycles. The standard InChI is InChI=1S/C25H27ClFN5O3S/c1-35-14-2-3-19-16(8-14)15(4-6-28-19)22(33)12-32-7-5-20(18(27)11-32)29-10-21-17(26)9-23-25(30-21)31-24(34)13-36-23/h2-4,6,8-9,18,20,22,29,33H,5,7,10-13H2,1H3,(H,30,31,34)/t18?,20?,22-/m0/s1. The first-order valence-corrected chi connectivity index (χ1v) is 13.1. The van der Waals surface area contributed by atoms with Gasteiger partial charge < -0.3 is 20.5 Å². The minimum absolute atomic E-state index is 0.0986. The predicted octanol–water partition coefficient (Wildman–Crippen LogP) is 3.57. The van der Waals surface area contributed by atoms with Crippen molar-refractivity contribution < 1.29 is 19.0 Å². The Labute approximate surface area is 217 Å². The maximum atomic E-state index is 15.1. The molecule has 3 atom stereocenters. The van der Waals surface area contributed by atoms with E-state index in [4.69, 9.17) is 16.3 Å². The molecule has 3 aromatic rings. The number of fused-ring (bicyclic) bond motifs is 2.